The normalized spacial score (nSPS) is 11.8. The van der Waals surface area contributed by atoms with Crippen molar-refractivity contribution in [3.05, 3.63) is 53.9 Å². The number of fused-ring (bicyclic) bond motifs is 1. The molecule has 2 aromatic carbocycles. The van der Waals surface area contributed by atoms with Crippen LogP contribution in [0.3, 0.4) is 0 Å². The Morgan fingerprint density at radius 2 is 1.84 bits per heavy atom. The van der Waals surface area contributed by atoms with Crippen molar-refractivity contribution >= 4 is 31.3 Å². The fourth-order valence-electron chi connectivity index (χ4n) is 2.00. The Labute approximate surface area is 116 Å². The molecular weight excluding hydrogens is 276 g/mol. The van der Waals surface area contributed by atoms with Gasteiger partial charge in [0.2, 0.25) is 0 Å². The lowest BCUT2D eigenvalue weighted by atomic mass is 10.0. The predicted molar refractivity (Wildman–Crippen MR) is 79.2 cm³/mol. The third kappa shape index (κ3) is 2.41. The van der Waals surface area contributed by atoms with Gasteiger partial charge in [-0.3, -0.25) is 0 Å². The molecule has 19 heavy (non-hydrogen) atoms. The van der Waals surface area contributed by atoms with Gasteiger partial charge in [0.15, 0.2) is 9.84 Å². The molecule has 1 radical (unpaired) electrons. The molecule has 1 aromatic heterocycles. The van der Waals surface area contributed by atoms with Crippen molar-refractivity contribution in [2.45, 2.75) is 4.90 Å². The van der Waals surface area contributed by atoms with Crippen molar-refractivity contribution in [1.82, 2.24) is 0 Å². The highest BCUT2D eigenvalue weighted by Crippen LogP contribution is 2.28. The van der Waals surface area contributed by atoms with Gasteiger partial charge in [0.1, 0.15) is 0 Å². The fourth-order valence-corrected chi connectivity index (χ4v) is 3.35. The summed E-state index contributed by atoms with van der Waals surface area (Å²) in [6.07, 6.45) is 1.23. The SMILES string of the molecule is CS(=O)(=O)c1cccc(-c2ccc3s[c]cc3c2)c1. The molecule has 0 saturated heterocycles. The van der Waals surface area contributed by atoms with Crippen LogP contribution in [0.15, 0.2) is 53.4 Å². The van der Waals surface area contributed by atoms with Crippen LogP contribution >= 0.6 is 11.3 Å². The molecule has 0 aliphatic heterocycles. The second kappa shape index (κ2) is 4.47. The first kappa shape index (κ1) is 12.4. The van der Waals surface area contributed by atoms with E-state index in [2.05, 4.69) is 11.4 Å². The summed E-state index contributed by atoms with van der Waals surface area (Å²) in [6, 6.07) is 15.1. The number of sulfone groups is 1. The third-order valence-electron chi connectivity index (χ3n) is 2.99. The first-order chi connectivity index (χ1) is 9.04. The smallest absolute Gasteiger partial charge is 0.175 e. The molecule has 0 aliphatic carbocycles. The van der Waals surface area contributed by atoms with Gasteiger partial charge in [0.25, 0.3) is 0 Å². The van der Waals surface area contributed by atoms with Gasteiger partial charge >= 0.3 is 0 Å². The summed E-state index contributed by atoms with van der Waals surface area (Å²) in [4.78, 5) is 0.349. The van der Waals surface area contributed by atoms with Crippen LogP contribution in [0.1, 0.15) is 0 Å². The van der Waals surface area contributed by atoms with Crippen molar-refractivity contribution in [1.29, 1.82) is 0 Å². The van der Waals surface area contributed by atoms with Crippen LogP contribution in [0.4, 0.5) is 0 Å². The van der Waals surface area contributed by atoms with E-state index in [9.17, 15) is 8.42 Å². The Bertz CT molecular complexity index is 845. The van der Waals surface area contributed by atoms with Crippen molar-refractivity contribution in [3.63, 3.8) is 0 Å². The summed E-state index contributed by atoms with van der Waals surface area (Å²) in [5.41, 5.74) is 1.93. The monoisotopic (exact) mass is 287 g/mol. The van der Waals surface area contributed by atoms with Gasteiger partial charge in [0.05, 0.1) is 4.90 Å². The topological polar surface area (TPSA) is 34.1 Å². The summed E-state index contributed by atoms with van der Waals surface area (Å²) < 4.78 is 24.4. The molecule has 2 nitrogen and oxygen atoms in total. The largest absolute Gasteiger partial charge is 0.224 e. The predicted octanol–water partition coefficient (Wildman–Crippen LogP) is 3.77. The molecule has 0 fully saturated rings. The van der Waals surface area contributed by atoms with Crippen LogP contribution in [0.2, 0.25) is 0 Å². The highest BCUT2D eigenvalue weighted by molar-refractivity contribution is 7.90. The number of hydrogen-bond donors (Lipinski definition) is 0. The Morgan fingerprint density at radius 1 is 1.05 bits per heavy atom. The molecule has 0 atom stereocenters. The first-order valence-electron chi connectivity index (χ1n) is 5.74. The standard InChI is InChI=1S/C15H11O2S2/c1-19(16,17)14-4-2-3-11(10-14)12-5-6-15-13(9-12)7-8-18-15/h2-7,9-10H,1H3. The van der Waals surface area contributed by atoms with E-state index in [0.717, 1.165) is 16.5 Å². The number of thiophene rings is 1. The van der Waals surface area contributed by atoms with E-state index in [1.54, 1.807) is 29.5 Å². The summed E-state index contributed by atoms with van der Waals surface area (Å²) in [6.45, 7) is 0. The molecule has 95 valence electrons. The van der Waals surface area contributed by atoms with E-state index in [-0.39, 0.29) is 0 Å². The minimum atomic E-state index is -3.17. The minimum Gasteiger partial charge on any atom is -0.224 e. The second-order valence-corrected chi connectivity index (χ2v) is 7.31. The van der Waals surface area contributed by atoms with Gasteiger partial charge in [-0.15, -0.1) is 11.3 Å². The zero-order chi connectivity index (χ0) is 13.5. The van der Waals surface area contributed by atoms with E-state index in [1.807, 2.05) is 24.3 Å². The molecule has 0 saturated carbocycles. The lowest BCUT2D eigenvalue weighted by Gasteiger charge is -2.04. The van der Waals surface area contributed by atoms with Gasteiger partial charge < -0.3 is 0 Å². The number of benzene rings is 2. The summed E-state index contributed by atoms with van der Waals surface area (Å²) in [5.74, 6) is 0. The van der Waals surface area contributed by atoms with Crippen LogP contribution in [0.25, 0.3) is 21.2 Å². The summed E-state index contributed by atoms with van der Waals surface area (Å²) in [5, 5.41) is 4.23. The molecule has 0 bridgehead atoms. The molecular formula is C15H11O2S2. The minimum absolute atomic E-state index is 0.349. The first-order valence-corrected chi connectivity index (χ1v) is 8.45. The maximum Gasteiger partial charge on any atom is 0.175 e. The molecule has 0 amide bonds. The summed E-state index contributed by atoms with van der Waals surface area (Å²) in [7, 11) is -3.17. The van der Waals surface area contributed by atoms with Gasteiger partial charge in [-0.25, -0.2) is 8.42 Å². The maximum absolute atomic E-state index is 11.6. The van der Waals surface area contributed by atoms with Gasteiger partial charge in [-0.05, 0) is 46.8 Å². The van der Waals surface area contributed by atoms with E-state index >= 15 is 0 Å². The molecule has 0 N–H and O–H groups in total. The zero-order valence-corrected chi connectivity index (χ0v) is 11.9. The van der Waals surface area contributed by atoms with Crippen molar-refractivity contribution in [2.75, 3.05) is 6.26 Å². The Kier molecular flexibility index (Phi) is 2.92. The average Bonchev–Trinajstić information content (AvgIpc) is 2.85. The average molecular weight is 287 g/mol. The summed E-state index contributed by atoms with van der Waals surface area (Å²) >= 11 is 1.58. The van der Waals surface area contributed by atoms with Gasteiger partial charge in [0, 0.05) is 16.3 Å². The van der Waals surface area contributed by atoms with Crippen molar-refractivity contribution in [3.8, 4) is 11.1 Å². The quantitative estimate of drug-likeness (QED) is 0.719. The lowest BCUT2D eigenvalue weighted by molar-refractivity contribution is 0.602. The molecule has 0 aliphatic rings. The van der Waals surface area contributed by atoms with Crippen molar-refractivity contribution in [2.24, 2.45) is 0 Å². The fraction of sp³-hybridized carbons (Fsp3) is 0.0667. The Hall–Kier alpha value is -1.65. The molecule has 3 aromatic rings. The van der Waals surface area contributed by atoms with E-state index in [1.165, 1.54) is 11.0 Å². The van der Waals surface area contributed by atoms with E-state index < -0.39 is 9.84 Å². The lowest BCUT2D eigenvalue weighted by Crippen LogP contribution is -1.96. The van der Waals surface area contributed by atoms with Gasteiger partial charge in [-0.2, -0.15) is 0 Å². The van der Waals surface area contributed by atoms with E-state index in [4.69, 9.17) is 0 Å². The highest BCUT2D eigenvalue weighted by atomic mass is 32.2. The van der Waals surface area contributed by atoms with Crippen LogP contribution in [0.5, 0.6) is 0 Å². The van der Waals surface area contributed by atoms with Crippen LogP contribution in [-0.2, 0) is 9.84 Å². The Morgan fingerprint density at radius 3 is 2.63 bits per heavy atom. The van der Waals surface area contributed by atoms with Crippen LogP contribution < -0.4 is 0 Å². The highest BCUT2D eigenvalue weighted by Gasteiger charge is 2.08. The molecule has 0 spiro atoms. The van der Waals surface area contributed by atoms with E-state index in [0.29, 0.717) is 4.90 Å². The molecule has 1 heterocycles. The molecule has 4 heteroatoms. The third-order valence-corrected chi connectivity index (χ3v) is 4.93. The second-order valence-electron chi connectivity index (χ2n) is 4.42. The van der Waals surface area contributed by atoms with Crippen LogP contribution in [0, 0.1) is 5.38 Å². The Balaban J connectivity index is 2.15. The van der Waals surface area contributed by atoms with Gasteiger partial charge in [-0.1, -0.05) is 18.2 Å². The number of hydrogen-bond acceptors (Lipinski definition) is 3. The number of rotatable bonds is 2. The maximum atomic E-state index is 11.6. The molecule has 0 unspecified atom stereocenters. The van der Waals surface area contributed by atoms with Crippen molar-refractivity contribution < 1.29 is 8.42 Å². The molecule has 3 rings (SSSR count). The zero-order valence-electron chi connectivity index (χ0n) is 10.3. The van der Waals surface area contributed by atoms with Crippen LogP contribution in [-0.4, -0.2) is 14.7 Å².